The quantitative estimate of drug-likeness (QED) is 0.622. The van der Waals surface area contributed by atoms with Crippen molar-refractivity contribution in [3.8, 4) is 11.5 Å². The Morgan fingerprint density at radius 3 is 2.15 bits per heavy atom. The second-order valence-electron chi connectivity index (χ2n) is 5.95. The van der Waals surface area contributed by atoms with E-state index in [1.54, 1.807) is 30.3 Å². The van der Waals surface area contributed by atoms with E-state index in [0.29, 0.717) is 22.4 Å². The fourth-order valence-corrected chi connectivity index (χ4v) is 2.75. The lowest BCUT2D eigenvalue weighted by atomic mass is 10.0. The second-order valence-corrected chi connectivity index (χ2v) is 7.21. The number of nitrogens with one attached hydrogen (secondary N) is 2. The minimum atomic E-state index is -0.522. The Morgan fingerprint density at radius 1 is 1.00 bits per heavy atom. The summed E-state index contributed by atoms with van der Waals surface area (Å²) in [6, 6.07) is 12.5. The molecule has 0 spiro atoms. The summed E-state index contributed by atoms with van der Waals surface area (Å²) in [6.45, 7) is 3.65. The van der Waals surface area contributed by atoms with Crippen LogP contribution in [0.3, 0.4) is 0 Å². The number of ether oxygens (including phenoxy) is 2. The van der Waals surface area contributed by atoms with Gasteiger partial charge in [-0.25, -0.2) is 0 Å². The predicted octanol–water partition coefficient (Wildman–Crippen LogP) is 3.83. The molecule has 0 atom stereocenters. The molecule has 144 valence electrons. The monoisotopic (exact) mass is 454 g/mol. The van der Waals surface area contributed by atoms with Gasteiger partial charge >= 0.3 is 0 Å². The van der Waals surface area contributed by atoms with E-state index >= 15 is 0 Å². The maximum atomic E-state index is 11.8. The minimum Gasteiger partial charge on any atom is -0.483 e. The highest BCUT2D eigenvalue weighted by atomic mass is 79.9. The van der Waals surface area contributed by atoms with Crippen LogP contribution < -0.4 is 20.3 Å². The molecule has 6 nitrogen and oxygen atoms in total. The van der Waals surface area contributed by atoms with E-state index in [-0.39, 0.29) is 13.2 Å². The van der Waals surface area contributed by atoms with E-state index in [9.17, 15) is 9.59 Å². The predicted molar refractivity (Wildman–Crippen MR) is 107 cm³/mol. The number of hydrazine groups is 1. The lowest BCUT2D eigenvalue weighted by Crippen LogP contribution is -2.45. The molecular formula is C19H20BrClN2O4. The van der Waals surface area contributed by atoms with Gasteiger partial charge in [0.1, 0.15) is 11.5 Å². The molecule has 2 N–H and O–H groups in total. The molecule has 0 aliphatic carbocycles. The Bertz CT molecular complexity index is 814. The van der Waals surface area contributed by atoms with E-state index in [1.807, 2.05) is 12.1 Å². The summed E-state index contributed by atoms with van der Waals surface area (Å²) < 4.78 is 11.5. The van der Waals surface area contributed by atoms with Crippen molar-refractivity contribution in [3.63, 3.8) is 0 Å². The van der Waals surface area contributed by atoms with Crippen molar-refractivity contribution < 1.29 is 19.1 Å². The third-order valence-electron chi connectivity index (χ3n) is 3.52. The van der Waals surface area contributed by atoms with Crippen LogP contribution in [0.15, 0.2) is 46.9 Å². The third kappa shape index (κ3) is 6.77. The zero-order valence-corrected chi connectivity index (χ0v) is 17.3. The topological polar surface area (TPSA) is 76.7 Å². The molecule has 0 fully saturated rings. The highest BCUT2D eigenvalue weighted by Gasteiger charge is 2.10. The lowest BCUT2D eigenvalue weighted by molar-refractivity contribution is -0.131. The Labute approximate surface area is 171 Å². The Kier molecular flexibility index (Phi) is 7.94. The van der Waals surface area contributed by atoms with Gasteiger partial charge in [-0.1, -0.05) is 43.6 Å². The van der Waals surface area contributed by atoms with Crippen LogP contribution in [0, 0.1) is 0 Å². The molecule has 2 rings (SSSR count). The van der Waals surface area contributed by atoms with Gasteiger partial charge in [0.2, 0.25) is 0 Å². The molecule has 0 unspecified atom stereocenters. The van der Waals surface area contributed by atoms with E-state index in [0.717, 1.165) is 10.0 Å². The first-order valence-electron chi connectivity index (χ1n) is 8.24. The fourth-order valence-electron chi connectivity index (χ4n) is 2.05. The smallest absolute Gasteiger partial charge is 0.276 e. The van der Waals surface area contributed by atoms with E-state index in [1.165, 1.54) is 0 Å². The van der Waals surface area contributed by atoms with E-state index < -0.39 is 11.8 Å². The van der Waals surface area contributed by atoms with Crippen molar-refractivity contribution in [1.29, 1.82) is 0 Å². The van der Waals surface area contributed by atoms with Gasteiger partial charge < -0.3 is 9.47 Å². The summed E-state index contributed by atoms with van der Waals surface area (Å²) in [4.78, 5) is 23.5. The summed E-state index contributed by atoms with van der Waals surface area (Å²) in [7, 11) is 0. The molecule has 0 saturated heterocycles. The van der Waals surface area contributed by atoms with Crippen molar-refractivity contribution in [3.05, 3.63) is 57.5 Å². The number of hydrogen-bond donors (Lipinski definition) is 2. The van der Waals surface area contributed by atoms with Crippen LogP contribution >= 0.6 is 27.5 Å². The summed E-state index contributed by atoms with van der Waals surface area (Å²) in [5.74, 6) is 0.301. The Morgan fingerprint density at radius 2 is 1.59 bits per heavy atom. The summed E-state index contributed by atoms with van der Waals surface area (Å²) in [5, 5.41) is 0.400. The fraction of sp³-hybridized carbons (Fsp3) is 0.263. The van der Waals surface area contributed by atoms with Crippen molar-refractivity contribution >= 4 is 39.3 Å². The molecule has 27 heavy (non-hydrogen) atoms. The number of carbonyl (C=O) groups is 2. The van der Waals surface area contributed by atoms with E-state index in [2.05, 4.69) is 40.6 Å². The largest absolute Gasteiger partial charge is 0.483 e. The number of para-hydroxylation sites is 1. The molecule has 0 aliphatic heterocycles. The van der Waals surface area contributed by atoms with Crippen LogP contribution in [-0.2, 0) is 9.59 Å². The minimum absolute atomic E-state index is 0.245. The van der Waals surface area contributed by atoms with Gasteiger partial charge in [-0.05, 0) is 51.7 Å². The van der Waals surface area contributed by atoms with Crippen molar-refractivity contribution in [2.24, 2.45) is 0 Å². The molecule has 0 aliphatic rings. The van der Waals surface area contributed by atoms with Gasteiger partial charge in [0, 0.05) is 0 Å². The number of halogens is 2. The summed E-state index contributed by atoms with van der Waals surface area (Å²) in [5.41, 5.74) is 5.67. The highest BCUT2D eigenvalue weighted by molar-refractivity contribution is 9.10. The molecule has 0 heterocycles. The molecule has 0 aromatic heterocycles. The first-order chi connectivity index (χ1) is 12.9. The first-order valence-corrected chi connectivity index (χ1v) is 9.41. The number of benzene rings is 2. The molecular weight excluding hydrogens is 436 g/mol. The zero-order valence-electron chi connectivity index (χ0n) is 14.9. The number of rotatable bonds is 7. The molecule has 0 bridgehead atoms. The van der Waals surface area contributed by atoms with Gasteiger partial charge in [-0.15, -0.1) is 0 Å². The summed E-state index contributed by atoms with van der Waals surface area (Å²) in [6.07, 6.45) is 0. The normalized spacial score (nSPS) is 10.4. The van der Waals surface area contributed by atoms with Gasteiger partial charge in [0.25, 0.3) is 11.8 Å². The number of hydrogen-bond acceptors (Lipinski definition) is 4. The Balaban J connectivity index is 1.73. The molecule has 0 saturated carbocycles. The van der Waals surface area contributed by atoms with Crippen LogP contribution in [0.2, 0.25) is 5.02 Å². The van der Waals surface area contributed by atoms with Crippen molar-refractivity contribution in [2.75, 3.05) is 13.2 Å². The molecule has 2 amide bonds. The van der Waals surface area contributed by atoms with Gasteiger partial charge in [0.05, 0.1) is 9.50 Å². The van der Waals surface area contributed by atoms with Crippen molar-refractivity contribution in [1.82, 2.24) is 10.9 Å². The number of amides is 2. The second kappa shape index (κ2) is 10.2. The molecule has 2 aromatic rings. The highest BCUT2D eigenvalue weighted by Crippen LogP contribution is 2.28. The SMILES string of the molecule is CC(C)c1ccc(OCC(=O)NNC(=O)COc2ccccc2Cl)c(Br)c1. The number of carbonyl (C=O) groups excluding carboxylic acids is 2. The average molecular weight is 456 g/mol. The zero-order chi connectivity index (χ0) is 19.8. The molecule has 0 radical (unpaired) electrons. The lowest BCUT2D eigenvalue weighted by Gasteiger charge is -2.12. The maximum Gasteiger partial charge on any atom is 0.276 e. The Hall–Kier alpha value is -2.25. The van der Waals surface area contributed by atoms with Gasteiger partial charge in [-0.3, -0.25) is 20.4 Å². The first kappa shape index (κ1) is 21.1. The van der Waals surface area contributed by atoms with Crippen molar-refractivity contribution in [2.45, 2.75) is 19.8 Å². The van der Waals surface area contributed by atoms with Crippen LogP contribution in [0.5, 0.6) is 11.5 Å². The standard InChI is InChI=1S/C19H20BrClN2O4/c1-12(2)13-7-8-16(14(20)9-13)26-10-18(24)22-23-19(25)11-27-17-6-4-3-5-15(17)21/h3-9,12H,10-11H2,1-2H3,(H,22,24)(H,23,25). The van der Waals surface area contributed by atoms with Crippen LogP contribution in [-0.4, -0.2) is 25.0 Å². The van der Waals surface area contributed by atoms with Gasteiger partial charge in [0.15, 0.2) is 13.2 Å². The summed E-state index contributed by atoms with van der Waals surface area (Å²) >= 11 is 9.35. The third-order valence-corrected chi connectivity index (χ3v) is 4.45. The maximum absolute atomic E-state index is 11.8. The van der Waals surface area contributed by atoms with Gasteiger partial charge in [-0.2, -0.15) is 0 Å². The van der Waals surface area contributed by atoms with Crippen LogP contribution in [0.4, 0.5) is 0 Å². The van der Waals surface area contributed by atoms with Crippen LogP contribution in [0.1, 0.15) is 25.3 Å². The molecule has 2 aromatic carbocycles. The van der Waals surface area contributed by atoms with E-state index in [4.69, 9.17) is 21.1 Å². The molecule has 8 heteroatoms. The van der Waals surface area contributed by atoms with Crippen LogP contribution in [0.25, 0.3) is 0 Å². The average Bonchev–Trinajstić information content (AvgIpc) is 2.64.